The standard InChI is InChI=1S/C14H16ClN3O2/c1-8-10(15)7-18(17-8)12-6-9(13(19)20)5-11(16-12)14(2,3)4/h5-7H,1-4H3,(H,19,20). The number of pyridine rings is 1. The summed E-state index contributed by atoms with van der Waals surface area (Å²) in [4.78, 5) is 15.7. The highest BCUT2D eigenvalue weighted by Crippen LogP contribution is 2.24. The van der Waals surface area contributed by atoms with Crippen molar-refractivity contribution in [2.45, 2.75) is 33.1 Å². The van der Waals surface area contributed by atoms with Crippen molar-refractivity contribution >= 4 is 17.6 Å². The molecule has 0 unspecified atom stereocenters. The highest BCUT2D eigenvalue weighted by molar-refractivity contribution is 6.31. The van der Waals surface area contributed by atoms with Gasteiger partial charge < -0.3 is 5.11 Å². The molecule has 0 atom stereocenters. The Morgan fingerprint density at radius 1 is 1.35 bits per heavy atom. The molecule has 2 aromatic rings. The summed E-state index contributed by atoms with van der Waals surface area (Å²) >= 11 is 5.98. The minimum absolute atomic E-state index is 0.184. The van der Waals surface area contributed by atoms with Crippen LogP contribution in [0.5, 0.6) is 0 Å². The molecular formula is C14H16ClN3O2. The first kappa shape index (κ1) is 14.5. The second-order valence-electron chi connectivity index (χ2n) is 5.66. The number of hydrogen-bond acceptors (Lipinski definition) is 3. The fourth-order valence-corrected chi connectivity index (χ4v) is 1.83. The fourth-order valence-electron chi connectivity index (χ4n) is 1.70. The molecule has 0 saturated carbocycles. The van der Waals surface area contributed by atoms with Crippen molar-refractivity contribution in [3.63, 3.8) is 0 Å². The number of nitrogens with zero attached hydrogens (tertiary/aromatic N) is 3. The van der Waals surface area contributed by atoms with E-state index in [-0.39, 0.29) is 11.0 Å². The van der Waals surface area contributed by atoms with Crippen molar-refractivity contribution in [3.05, 3.63) is 40.3 Å². The predicted octanol–water partition coefficient (Wildman–Crippen LogP) is 3.22. The Balaban J connectivity index is 2.63. The Bertz CT molecular complexity index is 652. The summed E-state index contributed by atoms with van der Waals surface area (Å²) in [6, 6.07) is 3.07. The number of rotatable bonds is 2. The molecule has 0 saturated heterocycles. The Hall–Kier alpha value is -1.88. The first-order valence-corrected chi connectivity index (χ1v) is 6.54. The van der Waals surface area contributed by atoms with Crippen LogP contribution in [0.1, 0.15) is 42.5 Å². The van der Waals surface area contributed by atoms with Gasteiger partial charge in [-0.05, 0) is 19.1 Å². The highest BCUT2D eigenvalue weighted by Gasteiger charge is 2.20. The van der Waals surface area contributed by atoms with E-state index >= 15 is 0 Å². The molecule has 0 spiro atoms. The summed E-state index contributed by atoms with van der Waals surface area (Å²) < 4.78 is 1.50. The van der Waals surface area contributed by atoms with Gasteiger partial charge in [0.1, 0.15) is 0 Å². The van der Waals surface area contributed by atoms with Gasteiger partial charge in [-0.25, -0.2) is 14.5 Å². The summed E-state index contributed by atoms with van der Waals surface area (Å²) in [6.45, 7) is 7.72. The van der Waals surface area contributed by atoms with Crippen molar-refractivity contribution < 1.29 is 9.90 Å². The topological polar surface area (TPSA) is 68.0 Å². The van der Waals surface area contributed by atoms with E-state index in [1.165, 1.54) is 10.7 Å². The van der Waals surface area contributed by atoms with Crippen molar-refractivity contribution in [2.75, 3.05) is 0 Å². The molecule has 20 heavy (non-hydrogen) atoms. The van der Waals surface area contributed by atoms with Gasteiger partial charge in [-0.2, -0.15) is 5.10 Å². The number of aromatic nitrogens is 3. The maximum atomic E-state index is 11.3. The summed E-state index contributed by atoms with van der Waals surface area (Å²) in [5, 5.41) is 14.0. The smallest absolute Gasteiger partial charge is 0.335 e. The minimum atomic E-state index is -0.992. The number of hydrogen-bond donors (Lipinski definition) is 1. The Kier molecular flexibility index (Phi) is 3.56. The molecule has 0 aliphatic rings. The molecule has 1 N–H and O–H groups in total. The van der Waals surface area contributed by atoms with E-state index in [2.05, 4.69) is 10.1 Å². The van der Waals surface area contributed by atoms with Crippen LogP contribution in [0.15, 0.2) is 18.3 Å². The van der Waals surface area contributed by atoms with E-state index in [4.69, 9.17) is 11.6 Å². The number of aromatic carboxylic acids is 1. The number of carboxylic acid groups (broad SMARTS) is 1. The lowest BCUT2D eigenvalue weighted by molar-refractivity contribution is 0.0696. The third-order valence-corrected chi connectivity index (χ3v) is 3.27. The van der Waals surface area contributed by atoms with Crippen LogP contribution < -0.4 is 0 Å². The highest BCUT2D eigenvalue weighted by atomic mass is 35.5. The predicted molar refractivity (Wildman–Crippen MR) is 76.8 cm³/mol. The number of aryl methyl sites for hydroxylation is 1. The van der Waals surface area contributed by atoms with E-state index in [1.807, 2.05) is 20.8 Å². The monoisotopic (exact) mass is 293 g/mol. The lowest BCUT2D eigenvalue weighted by Crippen LogP contribution is -2.17. The van der Waals surface area contributed by atoms with Crippen LogP contribution in [-0.2, 0) is 5.41 Å². The molecule has 5 nitrogen and oxygen atoms in total. The van der Waals surface area contributed by atoms with Gasteiger partial charge in [0.15, 0.2) is 5.82 Å². The van der Waals surface area contributed by atoms with E-state index < -0.39 is 5.97 Å². The Labute approximate surface area is 122 Å². The quantitative estimate of drug-likeness (QED) is 0.923. The van der Waals surface area contributed by atoms with E-state index in [9.17, 15) is 9.90 Å². The lowest BCUT2D eigenvalue weighted by atomic mass is 9.91. The molecule has 0 aliphatic carbocycles. The van der Waals surface area contributed by atoms with Crippen LogP contribution in [0, 0.1) is 6.92 Å². The molecule has 0 bridgehead atoms. The molecule has 2 rings (SSSR count). The first-order valence-electron chi connectivity index (χ1n) is 6.16. The summed E-state index contributed by atoms with van der Waals surface area (Å²) in [6.07, 6.45) is 1.62. The molecule has 0 aliphatic heterocycles. The second kappa shape index (κ2) is 4.90. The molecule has 0 fully saturated rings. The normalized spacial score (nSPS) is 11.7. The molecule has 0 amide bonds. The zero-order valence-electron chi connectivity index (χ0n) is 11.8. The summed E-state index contributed by atoms with van der Waals surface area (Å²) in [7, 11) is 0. The van der Waals surface area contributed by atoms with Gasteiger partial charge in [0, 0.05) is 11.1 Å². The Morgan fingerprint density at radius 2 is 2.00 bits per heavy atom. The van der Waals surface area contributed by atoms with Gasteiger partial charge in [0.05, 0.1) is 22.5 Å². The van der Waals surface area contributed by atoms with Gasteiger partial charge in [0.2, 0.25) is 0 Å². The maximum absolute atomic E-state index is 11.3. The third kappa shape index (κ3) is 2.82. The average Bonchev–Trinajstić information content (AvgIpc) is 2.68. The Morgan fingerprint density at radius 3 is 2.45 bits per heavy atom. The van der Waals surface area contributed by atoms with Crippen LogP contribution in [0.2, 0.25) is 5.02 Å². The van der Waals surface area contributed by atoms with Crippen LogP contribution in [-0.4, -0.2) is 25.8 Å². The van der Waals surface area contributed by atoms with Gasteiger partial charge in [-0.1, -0.05) is 32.4 Å². The van der Waals surface area contributed by atoms with Crippen molar-refractivity contribution in [2.24, 2.45) is 0 Å². The summed E-state index contributed by atoms with van der Waals surface area (Å²) in [5.41, 5.74) is 1.29. The zero-order chi connectivity index (χ0) is 15.1. The van der Waals surface area contributed by atoms with Gasteiger partial charge in [0.25, 0.3) is 0 Å². The lowest BCUT2D eigenvalue weighted by Gasteiger charge is -2.19. The van der Waals surface area contributed by atoms with E-state index in [0.717, 1.165) is 0 Å². The van der Waals surface area contributed by atoms with Gasteiger partial charge in [-0.15, -0.1) is 0 Å². The molecular weight excluding hydrogens is 278 g/mol. The molecule has 0 aromatic carbocycles. The van der Waals surface area contributed by atoms with Crippen molar-refractivity contribution in [1.82, 2.24) is 14.8 Å². The number of carboxylic acids is 1. The van der Waals surface area contributed by atoms with E-state index in [1.54, 1.807) is 19.2 Å². The molecule has 0 radical (unpaired) electrons. The third-order valence-electron chi connectivity index (χ3n) is 2.90. The number of halogens is 1. The van der Waals surface area contributed by atoms with Crippen LogP contribution in [0.25, 0.3) is 5.82 Å². The molecule has 2 aromatic heterocycles. The second-order valence-corrected chi connectivity index (χ2v) is 6.07. The van der Waals surface area contributed by atoms with Gasteiger partial charge in [-0.3, -0.25) is 0 Å². The molecule has 6 heteroatoms. The largest absolute Gasteiger partial charge is 0.478 e. The minimum Gasteiger partial charge on any atom is -0.478 e. The van der Waals surface area contributed by atoms with Crippen molar-refractivity contribution in [3.8, 4) is 5.82 Å². The maximum Gasteiger partial charge on any atom is 0.335 e. The van der Waals surface area contributed by atoms with Crippen molar-refractivity contribution in [1.29, 1.82) is 0 Å². The molecule has 2 heterocycles. The average molecular weight is 294 g/mol. The first-order chi connectivity index (χ1) is 9.18. The molecule has 106 valence electrons. The SMILES string of the molecule is Cc1nn(-c2cc(C(=O)O)cc(C(C)(C)C)n2)cc1Cl. The van der Waals surface area contributed by atoms with Crippen LogP contribution >= 0.6 is 11.6 Å². The zero-order valence-corrected chi connectivity index (χ0v) is 12.6. The fraction of sp³-hybridized carbons (Fsp3) is 0.357. The van der Waals surface area contributed by atoms with Crippen LogP contribution in [0.4, 0.5) is 0 Å². The number of carbonyl (C=O) groups is 1. The van der Waals surface area contributed by atoms with Crippen LogP contribution in [0.3, 0.4) is 0 Å². The summed E-state index contributed by atoms with van der Waals surface area (Å²) in [5.74, 6) is -0.543. The van der Waals surface area contributed by atoms with Gasteiger partial charge >= 0.3 is 5.97 Å². The van der Waals surface area contributed by atoms with E-state index in [0.29, 0.717) is 22.2 Å².